The zero-order chi connectivity index (χ0) is 31.6. The van der Waals surface area contributed by atoms with Gasteiger partial charge in [-0.3, -0.25) is 0 Å². The van der Waals surface area contributed by atoms with Gasteiger partial charge in [0.05, 0.1) is 18.3 Å². The van der Waals surface area contributed by atoms with Crippen molar-refractivity contribution in [2.24, 2.45) is 0 Å². The van der Waals surface area contributed by atoms with Crippen molar-refractivity contribution in [2.75, 3.05) is 0 Å². The molecule has 0 rings (SSSR count). The highest BCUT2D eigenvalue weighted by molar-refractivity contribution is 4.78. The first kappa shape index (κ1) is 50.9. The van der Waals surface area contributed by atoms with Gasteiger partial charge in [-0.2, -0.15) is 0 Å². The molecule has 3 atom stereocenters. The van der Waals surface area contributed by atoms with Gasteiger partial charge in [-0.1, -0.05) is 139 Å². The van der Waals surface area contributed by atoms with Crippen molar-refractivity contribution in [3.8, 4) is 0 Å². The quantitative estimate of drug-likeness (QED) is 0.175. The smallest absolute Gasteiger partial charge is 0.0537 e. The minimum atomic E-state index is -0.0509. The zero-order valence-corrected chi connectivity index (χ0v) is 29.1. The third-order valence-corrected chi connectivity index (χ3v) is 5.19. The summed E-state index contributed by atoms with van der Waals surface area (Å²) in [6.07, 6.45) is 28.8. The van der Waals surface area contributed by atoms with Crippen LogP contribution in [0.1, 0.15) is 179 Å². The molecular formula is C36H78O3. The number of hydrogen-bond donors (Lipinski definition) is 3. The summed E-state index contributed by atoms with van der Waals surface area (Å²) in [6, 6.07) is 0. The van der Waals surface area contributed by atoms with E-state index in [-0.39, 0.29) is 18.3 Å². The summed E-state index contributed by atoms with van der Waals surface area (Å²) in [4.78, 5) is 0. The van der Waals surface area contributed by atoms with Crippen molar-refractivity contribution in [1.29, 1.82) is 0 Å². The van der Waals surface area contributed by atoms with Crippen LogP contribution in [0.5, 0.6) is 0 Å². The van der Waals surface area contributed by atoms with Gasteiger partial charge in [-0.05, 0) is 77.0 Å². The van der Waals surface area contributed by atoms with Gasteiger partial charge in [-0.15, -0.1) is 0 Å². The van der Waals surface area contributed by atoms with Crippen molar-refractivity contribution in [2.45, 2.75) is 198 Å². The maximum Gasteiger partial charge on any atom is 0.0537 e. The third-order valence-electron chi connectivity index (χ3n) is 5.19. The summed E-state index contributed by atoms with van der Waals surface area (Å²) in [5.74, 6) is 0. The molecule has 0 heterocycles. The van der Waals surface area contributed by atoms with Crippen LogP contribution in [0.25, 0.3) is 0 Å². The molecule has 0 saturated heterocycles. The minimum Gasteiger partial charge on any atom is -0.393 e. The Kier molecular flexibility index (Phi) is 74.5. The molecule has 0 spiro atoms. The van der Waals surface area contributed by atoms with E-state index in [0.717, 1.165) is 57.8 Å². The van der Waals surface area contributed by atoms with Crippen LogP contribution in [0, 0.1) is 0 Å². The molecule has 0 bridgehead atoms. The molecule has 39 heavy (non-hydrogen) atoms. The number of hydrogen-bond acceptors (Lipinski definition) is 3. The van der Waals surface area contributed by atoms with E-state index in [1.54, 1.807) is 0 Å². The van der Waals surface area contributed by atoms with Crippen molar-refractivity contribution in [3.63, 3.8) is 0 Å². The van der Waals surface area contributed by atoms with Gasteiger partial charge in [-0.25, -0.2) is 0 Å². The van der Waals surface area contributed by atoms with Crippen molar-refractivity contribution < 1.29 is 15.3 Å². The van der Waals surface area contributed by atoms with E-state index in [1.807, 2.05) is 20.8 Å². The Bertz CT molecular complexity index is 336. The molecule has 0 aliphatic carbocycles. The first-order valence-electron chi connectivity index (χ1n) is 16.7. The normalized spacial score (nSPS) is 12.4. The van der Waals surface area contributed by atoms with E-state index in [0.29, 0.717) is 0 Å². The summed E-state index contributed by atoms with van der Waals surface area (Å²) in [5.41, 5.74) is 0. The molecule has 0 amide bonds. The summed E-state index contributed by atoms with van der Waals surface area (Å²) in [6.45, 7) is 25.1. The van der Waals surface area contributed by atoms with Crippen LogP contribution in [0.3, 0.4) is 0 Å². The number of aliphatic hydroxyl groups is 3. The Morgan fingerprint density at radius 3 is 0.538 bits per heavy atom. The molecule has 3 unspecified atom stereocenters. The first-order valence-corrected chi connectivity index (χ1v) is 16.7. The monoisotopic (exact) mass is 559 g/mol. The summed E-state index contributed by atoms with van der Waals surface area (Å²) in [5, 5.41) is 26.6. The largest absolute Gasteiger partial charge is 0.393 e. The molecule has 0 aliphatic heterocycles. The Hall–Kier alpha value is -0.900. The highest BCUT2D eigenvalue weighted by Crippen LogP contribution is 1.99. The van der Waals surface area contributed by atoms with Crippen LogP contribution < -0.4 is 0 Å². The summed E-state index contributed by atoms with van der Waals surface area (Å²) < 4.78 is 0. The van der Waals surface area contributed by atoms with E-state index >= 15 is 0 Å². The fourth-order valence-electron chi connectivity index (χ4n) is 2.61. The lowest BCUT2D eigenvalue weighted by Crippen LogP contribution is -2.01. The van der Waals surface area contributed by atoms with Gasteiger partial charge in [0.1, 0.15) is 0 Å². The van der Waals surface area contributed by atoms with Crippen molar-refractivity contribution >= 4 is 0 Å². The third kappa shape index (κ3) is 85.7. The molecule has 3 nitrogen and oxygen atoms in total. The van der Waals surface area contributed by atoms with Crippen molar-refractivity contribution in [3.05, 3.63) is 36.5 Å². The number of aliphatic hydroxyl groups excluding tert-OH is 3. The van der Waals surface area contributed by atoms with E-state index in [2.05, 4.69) is 98.8 Å². The molecule has 3 N–H and O–H groups in total. The van der Waals surface area contributed by atoms with Gasteiger partial charge >= 0.3 is 0 Å². The maximum atomic E-state index is 8.86. The molecule has 0 aromatic heterocycles. The first-order chi connectivity index (χ1) is 18.7. The van der Waals surface area contributed by atoms with Gasteiger partial charge in [0, 0.05) is 0 Å². The Morgan fingerprint density at radius 2 is 0.487 bits per heavy atom. The molecule has 0 aromatic rings. The maximum absolute atomic E-state index is 8.86. The summed E-state index contributed by atoms with van der Waals surface area (Å²) >= 11 is 0. The Balaban J connectivity index is -0.0000000839. The second-order valence-electron chi connectivity index (χ2n) is 9.42. The average Bonchev–Trinajstić information content (AvgIpc) is 2.95. The van der Waals surface area contributed by atoms with Gasteiger partial charge in [0.25, 0.3) is 0 Å². The van der Waals surface area contributed by atoms with E-state index in [9.17, 15) is 0 Å². The van der Waals surface area contributed by atoms with Crippen LogP contribution in [0.2, 0.25) is 0 Å². The van der Waals surface area contributed by atoms with Crippen LogP contribution in [0.4, 0.5) is 0 Å². The average molecular weight is 559 g/mol. The summed E-state index contributed by atoms with van der Waals surface area (Å²) in [7, 11) is 0. The highest BCUT2D eigenvalue weighted by atomic mass is 16.3. The van der Waals surface area contributed by atoms with E-state index in [4.69, 9.17) is 15.3 Å². The minimum absolute atomic E-state index is 0.0509. The fourth-order valence-corrected chi connectivity index (χ4v) is 2.61. The molecule has 0 fully saturated rings. The van der Waals surface area contributed by atoms with Crippen LogP contribution in [-0.4, -0.2) is 33.6 Å². The second-order valence-corrected chi connectivity index (χ2v) is 9.42. The molecule has 0 aliphatic rings. The number of rotatable bonds is 15. The SMILES string of the molecule is CC/C=C\CC.CC/C=C\CC.CC/C=C\CC.CCCC(O)CC.CCCC(O)CC.CCCC(O)CC. The van der Waals surface area contributed by atoms with Crippen LogP contribution in [-0.2, 0) is 0 Å². The van der Waals surface area contributed by atoms with Crippen LogP contribution in [0.15, 0.2) is 36.5 Å². The predicted octanol–water partition coefficient (Wildman–Crippen LogP) is 11.8. The molecule has 240 valence electrons. The molecular weight excluding hydrogens is 480 g/mol. The molecule has 0 saturated carbocycles. The topological polar surface area (TPSA) is 60.7 Å². The van der Waals surface area contributed by atoms with Crippen LogP contribution >= 0.6 is 0 Å². The number of allylic oxidation sites excluding steroid dienone is 6. The second kappa shape index (κ2) is 57.1. The lowest BCUT2D eigenvalue weighted by atomic mass is 10.2. The zero-order valence-electron chi connectivity index (χ0n) is 29.1. The lowest BCUT2D eigenvalue weighted by molar-refractivity contribution is 0.159. The molecule has 3 heteroatoms. The molecule has 0 radical (unpaired) electrons. The Labute approximate surface area is 249 Å². The van der Waals surface area contributed by atoms with Gasteiger partial charge in [0.15, 0.2) is 0 Å². The standard InChI is InChI=1S/3C6H14O.3C6H12/c3*1-3-5-6(7)4-2;3*1-3-5-6-4-2/h3*6-7H,3-5H2,1-2H3;3*5-6H,3-4H2,1-2H3/b;;;3*6-5-. The molecule has 0 aromatic carbocycles. The highest BCUT2D eigenvalue weighted by Gasteiger charge is 1.95. The van der Waals surface area contributed by atoms with E-state index < -0.39 is 0 Å². The predicted molar refractivity (Wildman–Crippen MR) is 183 cm³/mol. The van der Waals surface area contributed by atoms with E-state index in [1.165, 1.54) is 38.5 Å². The van der Waals surface area contributed by atoms with Crippen molar-refractivity contribution in [1.82, 2.24) is 0 Å². The van der Waals surface area contributed by atoms with Gasteiger partial charge < -0.3 is 15.3 Å². The lowest BCUT2D eigenvalue weighted by Gasteiger charge is -2.01. The Morgan fingerprint density at radius 1 is 0.333 bits per heavy atom. The fraction of sp³-hybridized carbons (Fsp3) is 0.833. The van der Waals surface area contributed by atoms with Gasteiger partial charge in [0.2, 0.25) is 0 Å².